The van der Waals surface area contributed by atoms with Crippen molar-refractivity contribution in [3.8, 4) is 11.1 Å². The lowest BCUT2D eigenvalue weighted by molar-refractivity contribution is -0.137. The minimum absolute atomic E-state index is 0.227. The summed E-state index contributed by atoms with van der Waals surface area (Å²) in [7, 11) is 0. The van der Waals surface area contributed by atoms with Gasteiger partial charge in [-0.15, -0.1) is 0 Å². The van der Waals surface area contributed by atoms with E-state index in [0.717, 1.165) is 61.3 Å². The molecular weight excluding hydrogens is 427 g/mol. The third-order valence-corrected chi connectivity index (χ3v) is 6.04. The van der Waals surface area contributed by atoms with E-state index in [1.54, 1.807) is 30.5 Å². The number of benzene rings is 2. The lowest BCUT2D eigenvalue weighted by Gasteiger charge is -2.18. The van der Waals surface area contributed by atoms with E-state index in [4.69, 9.17) is 0 Å². The summed E-state index contributed by atoms with van der Waals surface area (Å²) in [4.78, 5) is 17.6. The van der Waals surface area contributed by atoms with Gasteiger partial charge in [-0.25, -0.2) is 0 Å². The molecule has 0 radical (unpaired) electrons. The van der Waals surface area contributed by atoms with Crippen LogP contribution >= 0.6 is 0 Å². The van der Waals surface area contributed by atoms with Crippen LogP contribution in [-0.2, 0) is 6.18 Å². The van der Waals surface area contributed by atoms with E-state index in [9.17, 15) is 18.0 Å². The van der Waals surface area contributed by atoms with Gasteiger partial charge >= 0.3 is 6.18 Å². The van der Waals surface area contributed by atoms with Gasteiger partial charge in [0, 0.05) is 24.2 Å². The smallest absolute Gasteiger partial charge is 0.320 e. The van der Waals surface area contributed by atoms with E-state index in [-0.39, 0.29) is 11.8 Å². The molecule has 1 atom stereocenters. The van der Waals surface area contributed by atoms with E-state index in [2.05, 4.69) is 15.6 Å². The molecule has 1 aromatic heterocycles. The van der Waals surface area contributed by atoms with Gasteiger partial charge in [0.05, 0.1) is 16.9 Å². The Kier molecular flexibility index (Phi) is 6.79. The summed E-state index contributed by atoms with van der Waals surface area (Å²) in [5.74, 6) is -0.0521. The molecule has 1 unspecified atom stereocenters. The molecule has 4 rings (SSSR count). The molecule has 2 aromatic carbocycles. The second-order valence-corrected chi connectivity index (χ2v) is 8.39. The summed E-state index contributed by atoms with van der Waals surface area (Å²) < 4.78 is 38.7. The molecule has 1 aliphatic heterocycles. The summed E-state index contributed by atoms with van der Waals surface area (Å²) in [5.41, 5.74) is 3.51. The minimum Gasteiger partial charge on any atom is -0.320 e. The molecule has 0 spiro atoms. The van der Waals surface area contributed by atoms with Crippen molar-refractivity contribution in [2.75, 3.05) is 18.4 Å². The standard InChI is InChI=1S/C26H26F3N3O/c1-17-7-8-19(15-22(17)18-9-11-21(12-10-18)26(27,28)29)25(33)32-23-6-4-14-31-24(23)20-5-2-3-13-30-16-20/h4,6-12,14-15,20,30H,2-3,5,13,16H2,1H3,(H,32,33). The van der Waals surface area contributed by atoms with Gasteiger partial charge < -0.3 is 10.6 Å². The van der Waals surface area contributed by atoms with Gasteiger partial charge in [-0.05, 0) is 79.4 Å². The normalized spacial score (nSPS) is 16.8. The van der Waals surface area contributed by atoms with Crippen LogP contribution in [-0.4, -0.2) is 24.0 Å². The van der Waals surface area contributed by atoms with Crippen LogP contribution in [0.5, 0.6) is 0 Å². The Morgan fingerprint density at radius 1 is 1.09 bits per heavy atom. The molecule has 3 aromatic rings. The van der Waals surface area contributed by atoms with Crippen LogP contribution in [0.2, 0.25) is 0 Å². The van der Waals surface area contributed by atoms with Crippen molar-refractivity contribution in [1.82, 2.24) is 10.3 Å². The zero-order valence-electron chi connectivity index (χ0n) is 18.4. The maximum atomic E-state index is 13.1. The predicted octanol–water partition coefficient (Wildman–Crippen LogP) is 6.19. The molecule has 1 fully saturated rings. The van der Waals surface area contributed by atoms with E-state index < -0.39 is 11.7 Å². The van der Waals surface area contributed by atoms with E-state index in [0.29, 0.717) is 16.8 Å². The first-order valence-corrected chi connectivity index (χ1v) is 11.1. The zero-order chi connectivity index (χ0) is 23.4. The number of nitrogens with zero attached hydrogens (tertiary/aromatic N) is 1. The molecular formula is C26H26F3N3O. The number of aryl methyl sites for hydroxylation is 1. The highest BCUT2D eigenvalue weighted by Gasteiger charge is 2.30. The van der Waals surface area contributed by atoms with Gasteiger partial charge in [0.15, 0.2) is 0 Å². The van der Waals surface area contributed by atoms with Gasteiger partial charge in [-0.2, -0.15) is 13.2 Å². The molecule has 0 bridgehead atoms. The number of pyridine rings is 1. The quantitative estimate of drug-likeness (QED) is 0.496. The monoisotopic (exact) mass is 453 g/mol. The predicted molar refractivity (Wildman–Crippen MR) is 123 cm³/mol. The maximum absolute atomic E-state index is 13.1. The SMILES string of the molecule is Cc1ccc(C(=O)Nc2cccnc2C2CCCCNC2)cc1-c1ccc(C(F)(F)F)cc1. The fourth-order valence-electron chi connectivity index (χ4n) is 4.21. The Bertz CT molecular complexity index is 1120. The third-order valence-electron chi connectivity index (χ3n) is 6.04. The van der Waals surface area contributed by atoms with Crippen molar-refractivity contribution in [3.05, 3.63) is 83.2 Å². The Morgan fingerprint density at radius 2 is 1.88 bits per heavy atom. The highest BCUT2D eigenvalue weighted by Crippen LogP contribution is 2.32. The van der Waals surface area contributed by atoms with Gasteiger partial charge in [0.25, 0.3) is 5.91 Å². The van der Waals surface area contributed by atoms with Crippen LogP contribution in [0.4, 0.5) is 18.9 Å². The molecule has 2 N–H and O–H groups in total. The molecule has 1 amide bonds. The molecule has 7 heteroatoms. The molecule has 33 heavy (non-hydrogen) atoms. The van der Waals surface area contributed by atoms with Crippen molar-refractivity contribution in [1.29, 1.82) is 0 Å². The molecule has 2 heterocycles. The number of nitrogens with one attached hydrogen (secondary N) is 2. The Balaban J connectivity index is 1.58. The molecule has 1 aliphatic rings. The molecule has 4 nitrogen and oxygen atoms in total. The van der Waals surface area contributed by atoms with E-state index in [1.165, 1.54) is 12.1 Å². The van der Waals surface area contributed by atoms with E-state index >= 15 is 0 Å². The average Bonchev–Trinajstić information content (AvgIpc) is 3.09. The summed E-state index contributed by atoms with van der Waals surface area (Å²) in [6.45, 7) is 3.68. The number of halogens is 3. The highest BCUT2D eigenvalue weighted by molar-refractivity contribution is 6.05. The second-order valence-electron chi connectivity index (χ2n) is 8.39. The van der Waals surface area contributed by atoms with E-state index in [1.807, 2.05) is 13.0 Å². The largest absolute Gasteiger partial charge is 0.416 e. The summed E-state index contributed by atoms with van der Waals surface area (Å²) >= 11 is 0. The number of anilines is 1. The van der Waals surface area contributed by atoms with Crippen LogP contribution in [0, 0.1) is 6.92 Å². The second kappa shape index (κ2) is 9.75. The van der Waals surface area contributed by atoms with Crippen LogP contribution in [0.25, 0.3) is 11.1 Å². The average molecular weight is 454 g/mol. The molecule has 1 saturated heterocycles. The van der Waals surface area contributed by atoms with Crippen LogP contribution in [0.3, 0.4) is 0 Å². The molecule has 0 aliphatic carbocycles. The van der Waals surface area contributed by atoms with Gasteiger partial charge in [-0.1, -0.05) is 24.6 Å². The number of aromatic nitrogens is 1. The van der Waals surface area contributed by atoms with Crippen molar-refractivity contribution in [2.24, 2.45) is 0 Å². The number of hydrogen-bond donors (Lipinski definition) is 2. The fourth-order valence-corrected chi connectivity index (χ4v) is 4.21. The first-order chi connectivity index (χ1) is 15.8. The number of amides is 1. The number of rotatable bonds is 4. The Labute approximate surface area is 191 Å². The van der Waals surface area contributed by atoms with Crippen LogP contribution < -0.4 is 10.6 Å². The number of hydrogen-bond acceptors (Lipinski definition) is 3. The summed E-state index contributed by atoms with van der Waals surface area (Å²) in [5, 5.41) is 6.42. The van der Waals surface area contributed by atoms with Crippen LogP contribution in [0.15, 0.2) is 60.8 Å². The molecule has 0 saturated carbocycles. The lowest BCUT2D eigenvalue weighted by Crippen LogP contribution is -2.22. The van der Waals surface area contributed by atoms with Crippen molar-refractivity contribution >= 4 is 11.6 Å². The van der Waals surface area contributed by atoms with Crippen molar-refractivity contribution in [2.45, 2.75) is 38.3 Å². The Hall–Kier alpha value is -3.19. The van der Waals surface area contributed by atoms with Gasteiger partial charge in [-0.3, -0.25) is 9.78 Å². The van der Waals surface area contributed by atoms with Gasteiger partial charge in [0.1, 0.15) is 0 Å². The van der Waals surface area contributed by atoms with Gasteiger partial charge in [0.2, 0.25) is 0 Å². The fraction of sp³-hybridized carbons (Fsp3) is 0.308. The third kappa shape index (κ3) is 5.42. The summed E-state index contributed by atoms with van der Waals surface area (Å²) in [6.07, 6.45) is 0.598. The van der Waals surface area contributed by atoms with Crippen molar-refractivity contribution < 1.29 is 18.0 Å². The lowest BCUT2D eigenvalue weighted by atomic mass is 9.96. The summed E-state index contributed by atoms with van der Waals surface area (Å²) in [6, 6.07) is 13.9. The molecule has 172 valence electrons. The van der Waals surface area contributed by atoms with Crippen LogP contribution in [0.1, 0.15) is 52.4 Å². The van der Waals surface area contributed by atoms with Crippen molar-refractivity contribution in [3.63, 3.8) is 0 Å². The number of carbonyl (C=O) groups excluding carboxylic acids is 1. The zero-order valence-corrected chi connectivity index (χ0v) is 18.4. The Morgan fingerprint density at radius 3 is 2.64 bits per heavy atom. The maximum Gasteiger partial charge on any atom is 0.416 e. The topological polar surface area (TPSA) is 54.0 Å². The first kappa shape index (κ1) is 23.0. The number of alkyl halides is 3. The first-order valence-electron chi connectivity index (χ1n) is 11.1. The minimum atomic E-state index is -4.39. The number of carbonyl (C=O) groups is 1. The highest BCUT2D eigenvalue weighted by atomic mass is 19.4.